The third-order valence-corrected chi connectivity index (χ3v) is 3.72. The normalized spacial score (nSPS) is 45.6. The van der Waals surface area contributed by atoms with Gasteiger partial charge in [0, 0.05) is 18.6 Å². The van der Waals surface area contributed by atoms with Crippen LogP contribution in [0.4, 0.5) is 0 Å². The monoisotopic (exact) mass is 199 g/mol. The lowest BCUT2D eigenvalue weighted by molar-refractivity contribution is 0.0125. The molecule has 1 aliphatic heterocycles. The van der Waals surface area contributed by atoms with Crippen molar-refractivity contribution in [3.8, 4) is 0 Å². The minimum Gasteiger partial charge on any atom is -0.392 e. The lowest BCUT2D eigenvalue weighted by atomic mass is 9.91. The van der Waals surface area contributed by atoms with E-state index in [-0.39, 0.29) is 12.2 Å². The third kappa shape index (κ3) is 1.95. The van der Waals surface area contributed by atoms with Gasteiger partial charge in [-0.15, -0.1) is 0 Å². The molecule has 1 aliphatic carbocycles. The van der Waals surface area contributed by atoms with Crippen LogP contribution in [0.25, 0.3) is 0 Å². The molecule has 14 heavy (non-hydrogen) atoms. The van der Waals surface area contributed by atoms with Crippen molar-refractivity contribution >= 4 is 0 Å². The Morgan fingerprint density at radius 2 is 1.86 bits per heavy atom. The van der Waals surface area contributed by atoms with Crippen LogP contribution in [0.2, 0.25) is 0 Å². The SMILES string of the molecule is CC1CC(O)CN1[C@H]1CCCC[C@@H]1O. The molecule has 2 N–H and O–H groups in total. The van der Waals surface area contributed by atoms with Gasteiger partial charge in [-0.1, -0.05) is 12.8 Å². The van der Waals surface area contributed by atoms with Crippen molar-refractivity contribution < 1.29 is 10.2 Å². The van der Waals surface area contributed by atoms with Gasteiger partial charge in [0.15, 0.2) is 0 Å². The Morgan fingerprint density at radius 1 is 1.14 bits per heavy atom. The van der Waals surface area contributed by atoms with Crippen LogP contribution in [0, 0.1) is 0 Å². The second-order valence-corrected chi connectivity index (χ2v) is 4.85. The van der Waals surface area contributed by atoms with E-state index in [9.17, 15) is 10.2 Å². The number of β-amino-alcohol motifs (C(OH)–C–C–N with tert-alkyl or cyclic N) is 1. The molecule has 4 atom stereocenters. The van der Waals surface area contributed by atoms with E-state index in [0.717, 1.165) is 32.2 Å². The molecule has 2 unspecified atom stereocenters. The highest BCUT2D eigenvalue weighted by atomic mass is 16.3. The summed E-state index contributed by atoms with van der Waals surface area (Å²) in [6, 6.07) is 0.735. The fourth-order valence-corrected chi connectivity index (χ4v) is 2.97. The number of hydrogen-bond acceptors (Lipinski definition) is 3. The lowest BCUT2D eigenvalue weighted by Crippen LogP contribution is -2.47. The first-order chi connectivity index (χ1) is 6.68. The molecule has 2 fully saturated rings. The second kappa shape index (κ2) is 4.17. The van der Waals surface area contributed by atoms with Crippen molar-refractivity contribution in [3.05, 3.63) is 0 Å². The smallest absolute Gasteiger partial charge is 0.0695 e. The first-order valence-corrected chi connectivity index (χ1v) is 5.80. The quantitative estimate of drug-likeness (QED) is 0.655. The molecule has 3 heteroatoms. The number of aliphatic hydroxyl groups is 2. The van der Waals surface area contributed by atoms with Crippen molar-refractivity contribution in [2.24, 2.45) is 0 Å². The molecule has 0 radical (unpaired) electrons. The van der Waals surface area contributed by atoms with Gasteiger partial charge in [-0.3, -0.25) is 4.90 Å². The van der Waals surface area contributed by atoms with E-state index in [4.69, 9.17) is 0 Å². The first-order valence-electron chi connectivity index (χ1n) is 5.80. The zero-order valence-electron chi connectivity index (χ0n) is 8.89. The van der Waals surface area contributed by atoms with Gasteiger partial charge in [0.2, 0.25) is 0 Å². The maximum atomic E-state index is 9.91. The summed E-state index contributed by atoms with van der Waals surface area (Å²) in [6.07, 6.45) is 4.92. The Balaban J connectivity index is 1.99. The minimum atomic E-state index is -0.181. The maximum absolute atomic E-state index is 9.91. The summed E-state index contributed by atoms with van der Waals surface area (Å²) in [5.41, 5.74) is 0. The summed E-state index contributed by atoms with van der Waals surface area (Å²) in [5.74, 6) is 0. The lowest BCUT2D eigenvalue weighted by Gasteiger charge is -2.37. The van der Waals surface area contributed by atoms with E-state index in [1.165, 1.54) is 6.42 Å². The molecular weight excluding hydrogens is 178 g/mol. The minimum absolute atomic E-state index is 0.170. The van der Waals surface area contributed by atoms with Crippen molar-refractivity contribution in [1.82, 2.24) is 4.90 Å². The molecule has 1 saturated carbocycles. The van der Waals surface area contributed by atoms with Crippen LogP contribution in [0.5, 0.6) is 0 Å². The Hall–Kier alpha value is -0.120. The standard InChI is InChI=1S/C11H21NO2/c1-8-6-9(13)7-12(8)10-4-2-3-5-11(10)14/h8-11,13-14H,2-7H2,1H3/t8?,9?,10-,11-/m0/s1. The molecule has 2 rings (SSSR count). The predicted molar refractivity (Wildman–Crippen MR) is 55.1 cm³/mol. The van der Waals surface area contributed by atoms with Crippen LogP contribution in [0.1, 0.15) is 39.0 Å². The summed E-state index contributed by atoms with van der Waals surface area (Å²) in [5, 5.41) is 19.5. The number of nitrogens with zero attached hydrogens (tertiary/aromatic N) is 1. The molecule has 1 saturated heterocycles. The van der Waals surface area contributed by atoms with E-state index >= 15 is 0 Å². The van der Waals surface area contributed by atoms with Gasteiger partial charge < -0.3 is 10.2 Å². The highest BCUT2D eigenvalue weighted by Gasteiger charge is 2.36. The molecule has 0 spiro atoms. The summed E-state index contributed by atoms with van der Waals surface area (Å²) < 4.78 is 0. The number of likely N-dealkylation sites (tertiary alicyclic amines) is 1. The Morgan fingerprint density at radius 3 is 2.43 bits per heavy atom. The van der Waals surface area contributed by atoms with Gasteiger partial charge in [0.1, 0.15) is 0 Å². The highest BCUT2D eigenvalue weighted by molar-refractivity contribution is 4.91. The Labute approximate surface area is 85.7 Å². The number of rotatable bonds is 1. The average molecular weight is 199 g/mol. The first kappa shape index (κ1) is 10.4. The zero-order valence-corrected chi connectivity index (χ0v) is 8.89. The summed E-state index contributed by atoms with van der Waals surface area (Å²) in [6.45, 7) is 2.90. The van der Waals surface area contributed by atoms with Gasteiger partial charge >= 0.3 is 0 Å². The number of hydrogen-bond donors (Lipinski definition) is 2. The van der Waals surface area contributed by atoms with Crippen molar-refractivity contribution in [3.63, 3.8) is 0 Å². The fraction of sp³-hybridized carbons (Fsp3) is 1.00. The molecule has 0 aromatic carbocycles. The topological polar surface area (TPSA) is 43.7 Å². The highest BCUT2D eigenvalue weighted by Crippen LogP contribution is 2.29. The van der Waals surface area contributed by atoms with Crippen LogP contribution in [0.3, 0.4) is 0 Å². The zero-order chi connectivity index (χ0) is 10.1. The summed E-state index contributed by atoms with van der Waals surface area (Å²) in [4.78, 5) is 2.30. The van der Waals surface area contributed by atoms with Gasteiger partial charge in [-0.05, 0) is 26.2 Å². The molecule has 0 aromatic rings. The van der Waals surface area contributed by atoms with E-state index < -0.39 is 0 Å². The predicted octanol–water partition coefficient (Wildman–Crippen LogP) is 0.745. The molecule has 3 nitrogen and oxygen atoms in total. The summed E-state index contributed by atoms with van der Waals surface area (Å²) >= 11 is 0. The van der Waals surface area contributed by atoms with Crippen LogP contribution in [-0.2, 0) is 0 Å². The van der Waals surface area contributed by atoms with Crippen LogP contribution in [0.15, 0.2) is 0 Å². The van der Waals surface area contributed by atoms with Gasteiger partial charge in [0.25, 0.3) is 0 Å². The van der Waals surface area contributed by atoms with Gasteiger partial charge in [0.05, 0.1) is 12.2 Å². The van der Waals surface area contributed by atoms with Crippen molar-refractivity contribution in [2.75, 3.05) is 6.54 Å². The average Bonchev–Trinajstić information content (AvgIpc) is 2.46. The van der Waals surface area contributed by atoms with Crippen LogP contribution in [-0.4, -0.2) is 45.9 Å². The van der Waals surface area contributed by atoms with Crippen LogP contribution < -0.4 is 0 Å². The van der Waals surface area contributed by atoms with Crippen molar-refractivity contribution in [1.29, 1.82) is 0 Å². The van der Waals surface area contributed by atoms with E-state index in [1.807, 2.05) is 0 Å². The van der Waals surface area contributed by atoms with Gasteiger partial charge in [-0.25, -0.2) is 0 Å². The fourth-order valence-electron chi connectivity index (χ4n) is 2.97. The number of aliphatic hydroxyl groups excluding tert-OH is 2. The van der Waals surface area contributed by atoms with Crippen molar-refractivity contribution in [2.45, 2.75) is 63.3 Å². The van der Waals surface area contributed by atoms with E-state index in [2.05, 4.69) is 11.8 Å². The molecule has 0 bridgehead atoms. The maximum Gasteiger partial charge on any atom is 0.0695 e. The second-order valence-electron chi connectivity index (χ2n) is 4.85. The van der Waals surface area contributed by atoms with Gasteiger partial charge in [-0.2, -0.15) is 0 Å². The molecule has 0 aromatic heterocycles. The Kier molecular flexibility index (Phi) is 3.10. The molecule has 1 heterocycles. The third-order valence-electron chi connectivity index (χ3n) is 3.72. The summed E-state index contributed by atoms with van der Waals surface area (Å²) in [7, 11) is 0. The molecule has 2 aliphatic rings. The van der Waals surface area contributed by atoms with Crippen LogP contribution >= 0.6 is 0 Å². The Bertz CT molecular complexity index is 194. The molecule has 0 amide bonds. The van der Waals surface area contributed by atoms with E-state index in [1.54, 1.807) is 0 Å². The molecule has 82 valence electrons. The van der Waals surface area contributed by atoms with E-state index in [0.29, 0.717) is 12.1 Å². The largest absolute Gasteiger partial charge is 0.392 e. The molecular formula is C11H21NO2.